The highest BCUT2D eigenvalue weighted by atomic mass is 35.5. The van der Waals surface area contributed by atoms with Crippen molar-refractivity contribution in [3.05, 3.63) is 50.2 Å². The summed E-state index contributed by atoms with van der Waals surface area (Å²) in [6.45, 7) is 0. The average Bonchev–Trinajstić information content (AvgIpc) is 2.36. The number of nitrogens with zero attached hydrogens (tertiary/aromatic N) is 1. The van der Waals surface area contributed by atoms with Crippen LogP contribution in [0.25, 0.3) is 6.08 Å². The van der Waals surface area contributed by atoms with Crippen LogP contribution in [-0.4, -0.2) is 26.8 Å². The maximum Gasteiger partial charge on any atom is 0.339 e. The summed E-state index contributed by atoms with van der Waals surface area (Å²) in [6, 6.07) is 2.66. The van der Waals surface area contributed by atoms with E-state index in [9.17, 15) is 23.7 Å². The van der Waals surface area contributed by atoms with Gasteiger partial charge in [0.1, 0.15) is 0 Å². The van der Waals surface area contributed by atoms with Gasteiger partial charge in [-0.05, 0) is 11.6 Å². The Kier molecular flexibility index (Phi) is 5.81. The first-order chi connectivity index (χ1) is 9.36. The molecular formula is C11H9ClNO6S-. The highest BCUT2D eigenvalue weighted by Crippen LogP contribution is 2.27. The van der Waals surface area contributed by atoms with Gasteiger partial charge in [-0.1, -0.05) is 28.7 Å². The minimum atomic E-state index is -2.40. The van der Waals surface area contributed by atoms with Gasteiger partial charge in [-0.3, -0.25) is 14.3 Å². The number of carbonyl (C=O) groups excluding carboxylic acids is 1. The van der Waals surface area contributed by atoms with Crippen molar-refractivity contribution in [1.82, 2.24) is 0 Å². The monoisotopic (exact) mass is 318 g/mol. The van der Waals surface area contributed by atoms with Crippen LogP contribution in [0.5, 0.6) is 0 Å². The molecule has 0 fully saturated rings. The molecule has 1 rings (SSSR count). The van der Waals surface area contributed by atoms with Gasteiger partial charge < -0.3 is 9.29 Å². The summed E-state index contributed by atoms with van der Waals surface area (Å²) in [6.07, 6.45) is 1.65. The third-order valence-electron chi connectivity index (χ3n) is 2.31. The van der Waals surface area contributed by atoms with Crippen LogP contribution in [0.2, 0.25) is 5.02 Å². The topological polar surface area (TPSA) is 110 Å². The molecule has 0 aromatic heterocycles. The molecule has 1 atom stereocenters. The quantitative estimate of drug-likeness (QED) is 0.354. The van der Waals surface area contributed by atoms with Gasteiger partial charge in [0.05, 0.1) is 22.6 Å². The molecule has 0 saturated heterocycles. The van der Waals surface area contributed by atoms with Gasteiger partial charge in [0.2, 0.25) is 6.20 Å². The van der Waals surface area contributed by atoms with Gasteiger partial charge in [0, 0.05) is 17.4 Å². The van der Waals surface area contributed by atoms with Crippen molar-refractivity contribution in [2.45, 2.75) is 5.75 Å². The zero-order valence-corrected chi connectivity index (χ0v) is 11.8. The Morgan fingerprint density at radius 1 is 1.55 bits per heavy atom. The zero-order valence-electron chi connectivity index (χ0n) is 10.2. The molecule has 0 aliphatic heterocycles. The summed E-state index contributed by atoms with van der Waals surface area (Å²) in [5, 5.41) is 10.3. The lowest BCUT2D eigenvalue weighted by atomic mass is 10.0. The van der Waals surface area contributed by atoms with Crippen molar-refractivity contribution in [3.8, 4) is 0 Å². The molecule has 1 aromatic carbocycles. The Balaban J connectivity index is 3.40. The fourth-order valence-corrected chi connectivity index (χ4v) is 2.30. The van der Waals surface area contributed by atoms with E-state index in [1.165, 1.54) is 12.1 Å². The highest BCUT2D eigenvalue weighted by Gasteiger charge is 2.16. The lowest BCUT2D eigenvalue weighted by Gasteiger charge is -2.12. The van der Waals surface area contributed by atoms with E-state index in [4.69, 9.17) is 11.6 Å². The highest BCUT2D eigenvalue weighted by molar-refractivity contribution is 7.78. The second kappa shape index (κ2) is 7.13. The van der Waals surface area contributed by atoms with E-state index in [1.807, 2.05) is 0 Å². The van der Waals surface area contributed by atoms with Gasteiger partial charge >= 0.3 is 5.97 Å². The minimum absolute atomic E-state index is 0.00223. The first kappa shape index (κ1) is 16.3. The van der Waals surface area contributed by atoms with E-state index in [2.05, 4.69) is 4.74 Å². The third-order valence-corrected chi connectivity index (χ3v) is 3.27. The van der Waals surface area contributed by atoms with Crippen LogP contribution in [0.4, 0.5) is 0 Å². The van der Waals surface area contributed by atoms with Crippen molar-refractivity contribution >= 4 is 34.7 Å². The molecule has 0 aliphatic carbocycles. The van der Waals surface area contributed by atoms with E-state index < -0.39 is 22.0 Å². The van der Waals surface area contributed by atoms with Crippen molar-refractivity contribution in [2.24, 2.45) is 0 Å². The van der Waals surface area contributed by atoms with Crippen molar-refractivity contribution in [2.75, 3.05) is 7.11 Å². The number of hydrogen-bond acceptors (Lipinski definition) is 6. The van der Waals surface area contributed by atoms with Gasteiger partial charge in [-0.2, -0.15) is 0 Å². The summed E-state index contributed by atoms with van der Waals surface area (Å²) in [5.41, 5.74) is 0.335. The van der Waals surface area contributed by atoms with E-state index in [0.29, 0.717) is 6.20 Å². The van der Waals surface area contributed by atoms with Crippen LogP contribution in [0.1, 0.15) is 21.5 Å². The lowest BCUT2D eigenvalue weighted by molar-refractivity contribution is -0.400. The van der Waals surface area contributed by atoms with E-state index in [0.717, 1.165) is 13.2 Å². The molecule has 0 aliphatic rings. The van der Waals surface area contributed by atoms with Crippen LogP contribution in [-0.2, 0) is 21.6 Å². The first-order valence-corrected chi connectivity index (χ1v) is 6.76. The molecule has 0 heterocycles. The fraction of sp³-hybridized carbons (Fsp3) is 0.182. The lowest BCUT2D eigenvalue weighted by Crippen LogP contribution is -2.05. The van der Waals surface area contributed by atoms with Crippen LogP contribution in [0, 0.1) is 10.1 Å². The first-order valence-electron chi connectivity index (χ1n) is 5.14. The van der Waals surface area contributed by atoms with Crippen molar-refractivity contribution in [3.63, 3.8) is 0 Å². The normalized spacial score (nSPS) is 12.3. The number of methoxy groups -OCH3 is 1. The number of rotatable bonds is 5. The smallest absolute Gasteiger partial charge is 0.339 e. The fourth-order valence-electron chi connectivity index (χ4n) is 1.47. The second-order valence-corrected chi connectivity index (χ2v) is 4.81. The molecule has 0 spiro atoms. The van der Waals surface area contributed by atoms with Crippen LogP contribution in [0.3, 0.4) is 0 Å². The van der Waals surface area contributed by atoms with E-state index in [-0.39, 0.29) is 27.5 Å². The number of halogens is 1. The van der Waals surface area contributed by atoms with Gasteiger partial charge in [0.25, 0.3) is 0 Å². The molecule has 1 unspecified atom stereocenters. The van der Waals surface area contributed by atoms with Crippen molar-refractivity contribution < 1.29 is 23.2 Å². The molecule has 9 heteroatoms. The minimum Gasteiger partial charge on any atom is -0.772 e. The number of benzene rings is 1. The number of carbonyl (C=O) groups is 1. The largest absolute Gasteiger partial charge is 0.772 e. The molecule has 0 bridgehead atoms. The molecule has 20 heavy (non-hydrogen) atoms. The van der Waals surface area contributed by atoms with Gasteiger partial charge in [0.15, 0.2) is 0 Å². The molecule has 0 radical (unpaired) electrons. The SMILES string of the molecule is COC(=O)c1ccc(CS(=O)[O-])c(C=C[N+](=O)[O-])c1Cl. The van der Waals surface area contributed by atoms with E-state index >= 15 is 0 Å². The Morgan fingerprint density at radius 2 is 2.20 bits per heavy atom. The maximum absolute atomic E-state index is 11.5. The number of esters is 1. The molecule has 7 nitrogen and oxygen atoms in total. The summed E-state index contributed by atoms with van der Waals surface area (Å²) < 4.78 is 26.0. The molecule has 0 N–H and O–H groups in total. The Hall–Kier alpha value is -1.77. The van der Waals surface area contributed by atoms with Crippen LogP contribution < -0.4 is 0 Å². The molecule has 108 valence electrons. The maximum atomic E-state index is 11.5. The summed E-state index contributed by atoms with van der Waals surface area (Å²) in [5.74, 6) is -1.10. The van der Waals surface area contributed by atoms with Crippen LogP contribution in [0.15, 0.2) is 18.3 Å². The van der Waals surface area contributed by atoms with Crippen LogP contribution >= 0.6 is 11.6 Å². The molecule has 0 saturated carbocycles. The predicted octanol–water partition coefficient (Wildman–Crippen LogP) is 1.75. The standard InChI is InChI=1S/C11H10ClNO6S/c1-19-11(14)9-3-2-7(6-20(17)18)8(10(9)12)4-5-13(15)16/h2-5H,6H2,1H3,(H,17,18)/p-1. The number of ether oxygens (including phenoxy) is 1. The number of nitro groups is 1. The summed E-state index contributed by atoms with van der Waals surface area (Å²) in [4.78, 5) is 21.1. The summed E-state index contributed by atoms with van der Waals surface area (Å²) >= 11 is 3.58. The Morgan fingerprint density at radius 3 is 2.70 bits per heavy atom. The molecule has 0 amide bonds. The number of hydrogen-bond donors (Lipinski definition) is 0. The Bertz CT molecular complexity index is 601. The zero-order chi connectivity index (χ0) is 15.3. The average molecular weight is 319 g/mol. The summed E-state index contributed by atoms with van der Waals surface area (Å²) in [7, 11) is 1.16. The second-order valence-electron chi connectivity index (χ2n) is 3.54. The molecular weight excluding hydrogens is 310 g/mol. The van der Waals surface area contributed by atoms with Crippen molar-refractivity contribution in [1.29, 1.82) is 0 Å². The van der Waals surface area contributed by atoms with E-state index in [1.54, 1.807) is 0 Å². The predicted molar refractivity (Wildman–Crippen MR) is 71.4 cm³/mol. The van der Waals surface area contributed by atoms with Gasteiger partial charge in [-0.15, -0.1) is 0 Å². The molecule has 1 aromatic rings. The van der Waals surface area contributed by atoms with Gasteiger partial charge in [-0.25, -0.2) is 4.79 Å². The Labute approximate surface area is 121 Å². The third kappa shape index (κ3) is 4.12.